The highest BCUT2D eigenvalue weighted by Crippen LogP contribution is 2.33. The van der Waals surface area contributed by atoms with Crippen molar-refractivity contribution in [2.45, 2.75) is 52.5 Å². The Bertz CT molecular complexity index is 612. The van der Waals surface area contributed by atoms with E-state index in [2.05, 4.69) is 31.4 Å². The number of hydrogen-bond donors (Lipinski definition) is 1. The Labute approximate surface area is 121 Å². The summed E-state index contributed by atoms with van der Waals surface area (Å²) < 4.78 is 2.43. The summed E-state index contributed by atoms with van der Waals surface area (Å²) in [5, 5.41) is 0. The molecule has 1 fully saturated rings. The van der Waals surface area contributed by atoms with Crippen molar-refractivity contribution in [1.29, 1.82) is 0 Å². The number of anilines is 1. The third-order valence-electron chi connectivity index (χ3n) is 4.56. The van der Waals surface area contributed by atoms with Crippen molar-refractivity contribution >= 4 is 16.7 Å². The first-order valence-electron chi connectivity index (χ1n) is 7.80. The van der Waals surface area contributed by atoms with Crippen LogP contribution in [0.4, 0.5) is 5.69 Å². The molecule has 0 aliphatic heterocycles. The monoisotopic (exact) mass is 271 g/mol. The Morgan fingerprint density at radius 3 is 2.80 bits per heavy atom. The second-order valence-electron chi connectivity index (χ2n) is 6.77. The zero-order valence-corrected chi connectivity index (χ0v) is 12.8. The molecule has 3 nitrogen and oxygen atoms in total. The first-order chi connectivity index (χ1) is 9.54. The van der Waals surface area contributed by atoms with Crippen molar-refractivity contribution in [2.75, 3.05) is 5.73 Å². The van der Waals surface area contributed by atoms with Crippen LogP contribution in [0.3, 0.4) is 0 Å². The molecule has 2 unspecified atom stereocenters. The minimum absolute atomic E-state index is 0.447. The molecule has 1 aromatic heterocycles. The van der Waals surface area contributed by atoms with E-state index >= 15 is 0 Å². The molecule has 1 aliphatic rings. The maximum atomic E-state index is 5.89. The quantitative estimate of drug-likeness (QED) is 0.851. The van der Waals surface area contributed by atoms with Gasteiger partial charge in [0.15, 0.2) is 0 Å². The number of hydrogen-bond acceptors (Lipinski definition) is 2. The lowest BCUT2D eigenvalue weighted by atomic mass is 10.1. The molecule has 20 heavy (non-hydrogen) atoms. The van der Waals surface area contributed by atoms with Gasteiger partial charge in [0.2, 0.25) is 0 Å². The molecule has 2 aromatic rings. The van der Waals surface area contributed by atoms with Gasteiger partial charge in [-0.2, -0.15) is 0 Å². The molecule has 0 bridgehead atoms. The minimum Gasteiger partial charge on any atom is -0.399 e. The van der Waals surface area contributed by atoms with E-state index < -0.39 is 0 Å². The van der Waals surface area contributed by atoms with Crippen LogP contribution in [0.5, 0.6) is 0 Å². The van der Waals surface area contributed by atoms with Gasteiger partial charge < -0.3 is 10.3 Å². The highest BCUT2D eigenvalue weighted by atomic mass is 15.1. The van der Waals surface area contributed by atoms with Gasteiger partial charge in [-0.25, -0.2) is 4.98 Å². The van der Waals surface area contributed by atoms with E-state index in [9.17, 15) is 0 Å². The van der Waals surface area contributed by atoms with E-state index in [1.165, 1.54) is 30.6 Å². The molecule has 1 aliphatic carbocycles. The third-order valence-corrected chi connectivity index (χ3v) is 4.56. The molecule has 0 radical (unpaired) electrons. The third kappa shape index (κ3) is 2.41. The summed E-state index contributed by atoms with van der Waals surface area (Å²) in [7, 11) is 0. The van der Waals surface area contributed by atoms with Gasteiger partial charge in [-0.3, -0.25) is 0 Å². The van der Waals surface area contributed by atoms with Crippen LogP contribution >= 0.6 is 0 Å². The number of fused-ring (bicyclic) bond motifs is 1. The summed E-state index contributed by atoms with van der Waals surface area (Å²) in [6, 6.07) is 6.11. The predicted molar refractivity (Wildman–Crippen MR) is 84.7 cm³/mol. The van der Waals surface area contributed by atoms with E-state index in [0.717, 1.165) is 29.6 Å². The molecule has 3 rings (SSSR count). The van der Waals surface area contributed by atoms with Crippen LogP contribution in [0.1, 0.15) is 51.8 Å². The van der Waals surface area contributed by atoms with Crippen molar-refractivity contribution in [2.24, 2.45) is 11.8 Å². The molecular weight excluding hydrogens is 246 g/mol. The average Bonchev–Trinajstić information content (AvgIpc) is 2.94. The maximum Gasteiger partial charge on any atom is 0.112 e. The largest absolute Gasteiger partial charge is 0.399 e. The molecule has 2 N–H and O–H groups in total. The Hall–Kier alpha value is -1.51. The second kappa shape index (κ2) is 5.12. The van der Waals surface area contributed by atoms with Gasteiger partial charge in [-0.1, -0.05) is 27.2 Å². The Kier molecular flexibility index (Phi) is 3.45. The molecule has 0 spiro atoms. The zero-order valence-electron chi connectivity index (χ0n) is 12.8. The number of nitrogens with zero attached hydrogens (tertiary/aromatic N) is 2. The number of nitrogen functional groups attached to an aromatic ring is 1. The molecule has 1 saturated carbocycles. The summed E-state index contributed by atoms with van der Waals surface area (Å²) in [6.07, 6.45) is 4.08. The van der Waals surface area contributed by atoms with E-state index in [4.69, 9.17) is 10.7 Å². The van der Waals surface area contributed by atoms with Crippen LogP contribution in [0.2, 0.25) is 0 Å². The Morgan fingerprint density at radius 2 is 2.15 bits per heavy atom. The number of nitrogens with two attached hydrogens (primary N) is 1. The summed E-state index contributed by atoms with van der Waals surface area (Å²) in [5.41, 5.74) is 8.97. The molecular formula is C17H25N3. The van der Waals surface area contributed by atoms with Crippen LogP contribution in [-0.2, 0) is 6.54 Å². The highest BCUT2D eigenvalue weighted by Gasteiger charge is 2.24. The van der Waals surface area contributed by atoms with Crippen molar-refractivity contribution in [1.82, 2.24) is 9.55 Å². The van der Waals surface area contributed by atoms with Gasteiger partial charge in [-0.15, -0.1) is 0 Å². The maximum absolute atomic E-state index is 5.89. The van der Waals surface area contributed by atoms with Gasteiger partial charge in [-0.05, 0) is 42.9 Å². The molecule has 2 atom stereocenters. The zero-order chi connectivity index (χ0) is 14.3. The van der Waals surface area contributed by atoms with E-state index in [-0.39, 0.29) is 0 Å². The first-order valence-corrected chi connectivity index (χ1v) is 7.80. The fourth-order valence-corrected chi connectivity index (χ4v) is 3.55. The fourth-order valence-electron chi connectivity index (χ4n) is 3.55. The summed E-state index contributed by atoms with van der Waals surface area (Å²) in [4.78, 5) is 4.82. The van der Waals surface area contributed by atoms with E-state index in [0.29, 0.717) is 5.92 Å². The number of benzene rings is 1. The summed E-state index contributed by atoms with van der Waals surface area (Å²) in [6.45, 7) is 7.92. The smallest absolute Gasteiger partial charge is 0.112 e. The normalized spacial score (nSPS) is 23.0. The van der Waals surface area contributed by atoms with Crippen LogP contribution in [0.25, 0.3) is 11.0 Å². The number of aromatic nitrogens is 2. The molecule has 0 amide bonds. The van der Waals surface area contributed by atoms with E-state index in [1.807, 2.05) is 12.1 Å². The Morgan fingerprint density at radius 1 is 1.35 bits per heavy atom. The molecule has 0 saturated heterocycles. The molecule has 1 heterocycles. The van der Waals surface area contributed by atoms with Gasteiger partial charge in [0.05, 0.1) is 11.0 Å². The van der Waals surface area contributed by atoms with Crippen LogP contribution in [0.15, 0.2) is 18.2 Å². The lowest BCUT2D eigenvalue weighted by Crippen LogP contribution is -2.12. The number of imidazole rings is 1. The highest BCUT2D eigenvalue weighted by molar-refractivity contribution is 5.79. The summed E-state index contributed by atoms with van der Waals surface area (Å²) >= 11 is 0. The van der Waals surface area contributed by atoms with E-state index in [1.54, 1.807) is 0 Å². The Balaban J connectivity index is 2.00. The molecule has 1 aromatic carbocycles. The van der Waals surface area contributed by atoms with Crippen molar-refractivity contribution in [3.05, 3.63) is 24.0 Å². The van der Waals surface area contributed by atoms with Crippen LogP contribution < -0.4 is 5.73 Å². The van der Waals surface area contributed by atoms with Gasteiger partial charge in [0.25, 0.3) is 0 Å². The van der Waals surface area contributed by atoms with Crippen LogP contribution in [0, 0.1) is 11.8 Å². The number of rotatable bonds is 3. The minimum atomic E-state index is 0.447. The van der Waals surface area contributed by atoms with Gasteiger partial charge >= 0.3 is 0 Å². The lowest BCUT2D eigenvalue weighted by Gasteiger charge is -2.16. The fraction of sp³-hybridized carbons (Fsp3) is 0.588. The molecule has 3 heteroatoms. The standard InChI is InChI=1S/C17H25N3/c1-11(2)17-19-15-9-14(18)6-7-16(15)20(17)10-13-5-4-12(3)8-13/h6-7,9,11-13H,4-5,8,10,18H2,1-3H3. The first kappa shape index (κ1) is 13.5. The van der Waals surface area contributed by atoms with Crippen molar-refractivity contribution < 1.29 is 0 Å². The molecule has 108 valence electrons. The lowest BCUT2D eigenvalue weighted by molar-refractivity contribution is 0.435. The van der Waals surface area contributed by atoms with Crippen LogP contribution in [-0.4, -0.2) is 9.55 Å². The predicted octanol–water partition coefficient (Wildman–Crippen LogP) is 4.18. The topological polar surface area (TPSA) is 43.8 Å². The second-order valence-corrected chi connectivity index (χ2v) is 6.77. The summed E-state index contributed by atoms with van der Waals surface area (Å²) in [5.74, 6) is 3.33. The van der Waals surface area contributed by atoms with Crippen molar-refractivity contribution in [3.63, 3.8) is 0 Å². The van der Waals surface area contributed by atoms with Gasteiger partial charge in [0.1, 0.15) is 5.82 Å². The SMILES string of the molecule is CC1CCC(Cn2c(C(C)C)nc3cc(N)ccc32)C1. The van der Waals surface area contributed by atoms with Gasteiger partial charge in [0, 0.05) is 18.2 Å². The van der Waals surface area contributed by atoms with Crippen molar-refractivity contribution in [3.8, 4) is 0 Å². The average molecular weight is 271 g/mol.